The highest BCUT2D eigenvalue weighted by Crippen LogP contribution is 2.32. The SMILES string of the molecule is COc1ccc(C(CNC(=O)Cc2cccc3ccccc23)N2CCOCC2)cc1OC. The first-order chi connectivity index (χ1) is 15.7. The molecule has 1 fully saturated rings. The third kappa shape index (κ3) is 5.03. The molecule has 0 spiro atoms. The first-order valence-electron chi connectivity index (χ1n) is 11.0. The number of amides is 1. The van der Waals surface area contributed by atoms with Gasteiger partial charge in [-0.1, -0.05) is 48.5 Å². The molecule has 1 saturated heterocycles. The summed E-state index contributed by atoms with van der Waals surface area (Å²) in [6, 6.07) is 20.2. The third-order valence-corrected chi connectivity index (χ3v) is 6.00. The molecule has 1 aliphatic heterocycles. The third-order valence-electron chi connectivity index (χ3n) is 6.00. The van der Waals surface area contributed by atoms with Gasteiger partial charge in [-0.2, -0.15) is 0 Å². The van der Waals surface area contributed by atoms with Crippen molar-refractivity contribution in [1.82, 2.24) is 10.2 Å². The quantitative estimate of drug-likeness (QED) is 0.587. The number of methoxy groups -OCH3 is 2. The number of hydrogen-bond acceptors (Lipinski definition) is 5. The molecule has 32 heavy (non-hydrogen) atoms. The lowest BCUT2D eigenvalue weighted by Gasteiger charge is -2.35. The van der Waals surface area contributed by atoms with E-state index in [1.807, 2.05) is 42.5 Å². The fourth-order valence-electron chi connectivity index (χ4n) is 4.30. The van der Waals surface area contributed by atoms with Crippen LogP contribution in [0.2, 0.25) is 0 Å². The molecular formula is C26H30N2O4. The van der Waals surface area contributed by atoms with Gasteiger partial charge in [0.25, 0.3) is 0 Å². The highest BCUT2D eigenvalue weighted by Gasteiger charge is 2.24. The number of rotatable bonds is 8. The minimum Gasteiger partial charge on any atom is -0.493 e. The van der Waals surface area contributed by atoms with E-state index in [9.17, 15) is 4.79 Å². The lowest BCUT2D eigenvalue weighted by atomic mass is 10.0. The second kappa shape index (κ2) is 10.5. The van der Waals surface area contributed by atoms with E-state index in [4.69, 9.17) is 14.2 Å². The predicted molar refractivity (Wildman–Crippen MR) is 125 cm³/mol. The standard InChI is InChI=1S/C26H30N2O4/c1-30-24-11-10-21(16-25(24)31-2)23(28-12-14-32-15-13-28)18-27-26(29)17-20-8-5-7-19-6-3-4-9-22(19)20/h3-11,16,23H,12-15,17-18H2,1-2H3,(H,27,29). The van der Waals surface area contributed by atoms with Gasteiger partial charge in [0.1, 0.15) is 0 Å². The van der Waals surface area contributed by atoms with E-state index >= 15 is 0 Å². The van der Waals surface area contributed by atoms with Crippen LogP contribution in [0.1, 0.15) is 17.2 Å². The van der Waals surface area contributed by atoms with E-state index in [1.165, 1.54) is 0 Å². The topological polar surface area (TPSA) is 60.0 Å². The van der Waals surface area contributed by atoms with Crippen molar-refractivity contribution in [3.63, 3.8) is 0 Å². The van der Waals surface area contributed by atoms with Crippen LogP contribution in [0.5, 0.6) is 11.5 Å². The van der Waals surface area contributed by atoms with Gasteiger partial charge in [-0.15, -0.1) is 0 Å². The smallest absolute Gasteiger partial charge is 0.224 e. The van der Waals surface area contributed by atoms with Crippen molar-refractivity contribution in [3.05, 3.63) is 71.8 Å². The molecule has 0 saturated carbocycles. The molecule has 0 aliphatic carbocycles. The average Bonchev–Trinajstić information content (AvgIpc) is 2.85. The maximum absolute atomic E-state index is 12.9. The predicted octanol–water partition coefficient (Wildman–Crippen LogP) is 3.59. The number of morpholine rings is 1. The van der Waals surface area contributed by atoms with Crippen LogP contribution in [-0.2, 0) is 16.0 Å². The molecule has 0 radical (unpaired) electrons. The summed E-state index contributed by atoms with van der Waals surface area (Å²) in [5.74, 6) is 1.39. The zero-order valence-corrected chi connectivity index (χ0v) is 18.7. The van der Waals surface area contributed by atoms with Crippen LogP contribution in [0.25, 0.3) is 10.8 Å². The van der Waals surface area contributed by atoms with Crippen molar-refractivity contribution in [1.29, 1.82) is 0 Å². The molecule has 6 heteroatoms. The Kier molecular flexibility index (Phi) is 7.24. The summed E-state index contributed by atoms with van der Waals surface area (Å²) < 4.78 is 16.4. The lowest BCUT2D eigenvalue weighted by molar-refractivity contribution is -0.120. The Labute approximate surface area is 189 Å². The van der Waals surface area contributed by atoms with E-state index in [0.717, 1.165) is 35.0 Å². The number of carbonyl (C=O) groups excluding carboxylic acids is 1. The molecule has 168 valence electrons. The Bertz CT molecular complexity index is 1060. The number of hydrogen-bond donors (Lipinski definition) is 1. The monoisotopic (exact) mass is 434 g/mol. The maximum atomic E-state index is 12.9. The number of nitrogens with zero attached hydrogens (tertiary/aromatic N) is 1. The van der Waals surface area contributed by atoms with E-state index in [1.54, 1.807) is 14.2 Å². The second-order valence-electron chi connectivity index (χ2n) is 7.90. The van der Waals surface area contributed by atoms with Crippen molar-refractivity contribution in [2.24, 2.45) is 0 Å². The van der Waals surface area contributed by atoms with Gasteiger partial charge in [-0.05, 0) is 34.0 Å². The highest BCUT2D eigenvalue weighted by molar-refractivity contribution is 5.90. The molecule has 4 rings (SSSR count). The average molecular weight is 435 g/mol. The van der Waals surface area contributed by atoms with Gasteiger partial charge in [0.05, 0.1) is 39.9 Å². The van der Waals surface area contributed by atoms with Crippen LogP contribution in [0, 0.1) is 0 Å². The molecule has 1 heterocycles. The van der Waals surface area contributed by atoms with E-state index in [0.29, 0.717) is 37.7 Å². The zero-order valence-electron chi connectivity index (χ0n) is 18.7. The fourth-order valence-corrected chi connectivity index (χ4v) is 4.30. The number of benzene rings is 3. The van der Waals surface area contributed by atoms with Gasteiger partial charge >= 0.3 is 0 Å². The van der Waals surface area contributed by atoms with Gasteiger partial charge in [0.2, 0.25) is 5.91 Å². The number of nitrogens with one attached hydrogen (secondary N) is 1. The van der Waals surface area contributed by atoms with Gasteiger partial charge in [0, 0.05) is 19.6 Å². The van der Waals surface area contributed by atoms with Crippen molar-refractivity contribution in [2.45, 2.75) is 12.5 Å². The second-order valence-corrected chi connectivity index (χ2v) is 7.90. The van der Waals surface area contributed by atoms with E-state index < -0.39 is 0 Å². The minimum absolute atomic E-state index is 0.0140. The number of carbonyl (C=O) groups is 1. The Hall–Kier alpha value is -3.09. The molecule has 1 atom stereocenters. The summed E-state index contributed by atoms with van der Waals surface area (Å²) in [4.78, 5) is 15.2. The normalized spacial score (nSPS) is 15.3. The van der Waals surface area contributed by atoms with Gasteiger partial charge in [-0.25, -0.2) is 0 Å². The molecule has 0 aromatic heterocycles. The molecule has 3 aromatic rings. The molecule has 1 unspecified atom stereocenters. The molecule has 1 amide bonds. The summed E-state index contributed by atoms with van der Waals surface area (Å²) in [5.41, 5.74) is 2.12. The molecule has 3 aromatic carbocycles. The van der Waals surface area contributed by atoms with Crippen LogP contribution < -0.4 is 14.8 Å². The molecule has 0 bridgehead atoms. The van der Waals surface area contributed by atoms with E-state index in [2.05, 4.69) is 28.4 Å². The largest absolute Gasteiger partial charge is 0.493 e. The molecule has 1 N–H and O–H groups in total. The van der Waals surface area contributed by atoms with Crippen molar-refractivity contribution in [3.8, 4) is 11.5 Å². The summed E-state index contributed by atoms with van der Waals surface area (Å²) in [6.45, 7) is 3.52. The van der Waals surface area contributed by atoms with Crippen LogP contribution in [0.15, 0.2) is 60.7 Å². The van der Waals surface area contributed by atoms with Crippen molar-refractivity contribution < 1.29 is 19.0 Å². The van der Waals surface area contributed by atoms with Crippen LogP contribution >= 0.6 is 0 Å². The first kappa shape index (κ1) is 22.1. The maximum Gasteiger partial charge on any atom is 0.224 e. The summed E-state index contributed by atoms with van der Waals surface area (Å²) in [5, 5.41) is 5.43. The molecular weight excluding hydrogens is 404 g/mol. The Balaban J connectivity index is 1.50. The summed E-state index contributed by atoms with van der Waals surface area (Å²) in [6.07, 6.45) is 0.350. The first-order valence-corrected chi connectivity index (χ1v) is 11.0. The number of ether oxygens (including phenoxy) is 3. The Morgan fingerprint density at radius 1 is 1.00 bits per heavy atom. The molecule has 6 nitrogen and oxygen atoms in total. The lowest BCUT2D eigenvalue weighted by Crippen LogP contribution is -2.44. The van der Waals surface area contributed by atoms with Gasteiger partial charge in [-0.3, -0.25) is 9.69 Å². The van der Waals surface area contributed by atoms with Crippen LogP contribution in [0.3, 0.4) is 0 Å². The van der Waals surface area contributed by atoms with Crippen molar-refractivity contribution in [2.75, 3.05) is 47.1 Å². The van der Waals surface area contributed by atoms with Crippen LogP contribution in [0.4, 0.5) is 0 Å². The zero-order chi connectivity index (χ0) is 22.3. The van der Waals surface area contributed by atoms with Gasteiger partial charge < -0.3 is 19.5 Å². The van der Waals surface area contributed by atoms with Crippen molar-refractivity contribution >= 4 is 16.7 Å². The fraction of sp³-hybridized carbons (Fsp3) is 0.346. The number of fused-ring (bicyclic) bond motifs is 1. The molecule has 1 aliphatic rings. The highest BCUT2D eigenvalue weighted by atomic mass is 16.5. The minimum atomic E-state index is 0.0140. The summed E-state index contributed by atoms with van der Waals surface area (Å²) in [7, 11) is 3.27. The Morgan fingerprint density at radius 2 is 1.75 bits per heavy atom. The summed E-state index contributed by atoms with van der Waals surface area (Å²) >= 11 is 0. The van der Waals surface area contributed by atoms with Crippen LogP contribution in [-0.4, -0.2) is 57.9 Å². The van der Waals surface area contributed by atoms with E-state index in [-0.39, 0.29) is 11.9 Å². The Morgan fingerprint density at radius 3 is 2.53 bits per heavy atom. The van der Waals surface area contributed by atoms with Gasteiger partial charge in [0.15, 0.2) is 11.5 Å².